The van der Waals surface area contributed by atoms with E-state index in [9.17, 15) is 0 Å². The lowest BCUT2D eigenvalue weighted by Crippen LogP contribution is -2.48. The third kappa shape index (κ3) is 4.26. The summed E-state index contributed by atoms with van der Waals surface area (Å²) in [5.41, 5.74) is 5.81. The Hall–Kier alpha value is -0.0800. The smallest absolute Gasteiger partial charge is 0.0110 e. The molecule has 2 unspecified atom stereocenters. The van der Waals surface area contributed by atoms with Crippen molar-refractivity contribution in [3.05, 3.63) is 0 Å². The van der Waals surface area contributed by atoms with Crippen molar-refractivity contribution in [2.75, 3.05) is 13.1 Å². The van der Waals surface area contributed by atoms with Crippen LogP contribution in [0.5, 0.6) is 0 Å². The molecule has 0 radical (unpaired) electrons. The highest BCUT2D eigenvalue weighted by Gasteiger charge is 2.30. The van der Waals surface area contributed by atoms with Gasteiger partial charge in [0.05, 0.1) is 0 Å². The van der Waals surface area contributed by atoms with Crippen molar-refractivity contribution >= 4 is 0 Å². The van der Waals surface area contributed by atoms with Gasteiger partial charge in [0, 0.05) is 25.2 Å². The van der Waals surface area contributed by atoms with E-state index in [4.69, 9.17) is 5.73 Å². The molecule has 17 heavy (non-hydrogen) atoms. The highest BCUT2D eigenvalue weighted by atomic mass is 15.2. The third-order valence-corrected chi connectivity index (χ3v) is 4.42. The molecular formula is C15H32N2. The Balaban J connectivity index is 2.67. The Morgan fingerprint density at radius 3 is 2.00 bits per heavy atom. The lowest BCUT2D eigenvalue weighted by molar-refractivity contribution is 0.0692. The van der Waals surface area contributed by atoms with E-state index >= 15 is 0 Å². The van der Waals surface area contributed by atoms with Crippen molar-refractivity contribution in [1.29, 1.82) is 0 Å². The van der Waals surface area contributed by atoms with Gasteiger partial charge in [-0.25, -0.2) is 0 Å². The van der Waals surface area contributed by atoms with Crippen LogP contribution < -0.4 is 5.73 Å². The van der Waals surface area contributed by atoms with E-state index in [1.165, 1.54) is 32.1 Å². The van der Waals surface area contributed by atoms with Gasteiger partial charge in [0.25, 0.3) is 0 Å². The first kappa shape index (κ1) is 15.0. The van der Waals surface area contributed by atoms with Gasteiger partial charge in [0.1, 0.15) is 0 Å². The summed E-state index contributed by atoms with van der Waals surface area (Å²) >= 11 is 0. The van der Waals surface area contributed by atoms with E-state index in [2.05, 4.69) is 32.6 Å². The molecule has 0 spiro atoms. The van der Waals surface area contributed by atoms with E-state index in [1.807, 2.05) is 0 Å². The molecule has 0 saturated heterocycles. The topological polar surface area (TPSA) is 29.3 Å². The van der Waals surface area contributed by atoms with Crippen LogP contribution in [0.4, 0.5) is 0 Å². The van der Waals surface area contributed by atoms with Crippen molar-refractivity contribution in [3.8, 4) is 0 Å². The molecule has 2 N–H and O–H groups in total. The number of nitrogens with two attached hydrogens (primary N) is 1. The average Bonchev–Trinajstić information content (AvgIpc) is 2.28. The molecule has 0 amide bonds. The first-order valence-corrected chi connectivity index (χ1v) is 7.58. The summed E-state index contributed by atoms with van der Waals surface area (Å²) in [6.45, 7) is 11.3. The first-order chi connectivity index (χ1) is 8.12. The van der Waals surface area contributed by atoms with Gasteiger partial charge in [-0.1, -0.05) is 27.7 Å². The molecule has 1 aliphatic carbocycles. The monoisotopic (exact) mass is 240 g/mol. The van der Waals surface area contributed by atoms with Gasteiger partial charge in [-0.15, -0.1) is 0 Å². The largest absolute Gasteiger partial charge is 0.329 e. The molecule has 0 bridgehead atoms. The zero-order valence-electron chi connectivity index (χ0n) is 12.3. The van der Waals surface area contributed by atoms with Crippen LogP contribution in [0.1, 0.15) is 59.8 Å². The Labute approximate surface area is 108 Å². The zero-order valence-corrected chi connectivity index (χ0v) is 12.3. The Kier molecular flexibility index (Phi) is 6.50. The molecule has 1 rings (SSSR count). The maximum absolute atomic E-state index is 5.81. The second-order valence-electron chi connectivity index (χ2n) is 6.07. The maximum atomic E-state index is 5.81. The summed E-state index contributed by atoms with van der Waals surface area (Å²) in [5.74, 6) is 1.77. The standard InChI is InChI=1S/C15H32N2/c1-5-14(6-2)17(8-7-16)15-10-12(3)9-13(4)11-15/h12-15H,5-11,16H2,1-4H3. The fourth-order valence-corrected chi connectivity index (χ4v) is 3.75. The van der Waals surface area contributed by atoms with Gasteiger partial charge >= 0.3 is 0 Å². The predicted molar refractivity (Wildman–Crippen MR) is 76.1 cm³/mol. The van der Waals surface area contributed by atoms with Crippen LogP contribution in [0.15, 0.2) is 0 Å². The van der Waals surface area contributed by atoms with Gasteiger partial charge in [-0.2, -0.15) is 0 Å². The fraction of sp³-hybridized carbons (Fsp3) is 1.00. The number of hydrogen-bond donors (Lipinski definition) is 1. The summed E-state index contributed by atoms with van der Waals surface area (Å²) in [5, 5.41) is 0. The zero-order chi connectivity index (χ0) is 12.8. The number of hydrogen-bond acceptors (Lipinski definition) is 2. The Morgan fingerprint density at radius 1 is 1.06 bits per heavy atom. The molecule has 0 aliphatic heterocycles. The lowest BCUT2D eigenvalue weighted by atomic mass is 9.79. The molecule has 2 heteroatoms. The summed E-state index contributed by atoms with van der Waals surface area (Å²) in [6.07, 6.45) is 6.68. The van der Waals surface area contributed by atoms with Crippen molar-refractivity contribution in [2.45, 2.75) is 71.9 Å². The summed E-state index contributed by atoms with van der Waals surface area (Å²) in [6, 6.07) is 1.52. The lowest BCUT2D eigenvalue weighted by Gasteiger charge is -2.43. The van der Waals surface area contributed by atoms with Crippen LogP contribution in [0.2, 0.25) is 0 Å². The van der Waals surface area contributed by atoms with E-state index in [-0.39, 0.29) is 0 Å². The molecule has 0 aromatic carbocycles. The molecular weight excluding hydrogens is 208 g/mol. The minimum Gasteiger partial charge on any atom is -0.329 e. The summed E-state index contributed by atoms with van der Waals surface area (Å²) in [4.78, 5) is 2.71. The van der Waals surface area contributed by atoms with Gasteiger partial charge < -0.3 is 5.73 Å². The molecule has 1 aliphatic rings. The molecule has 0 heterocycles. The normalized spacial score (nSPS) is 30.2. The van der Waals surface area contributed by atoms with Gasteiger partial charge in [0.2, 0.25) is 0 Å². The second kappa shape index (κ2) is 7.38. The van der Waals surface area contributed by atoms with Gasteiger partial charge in [0.15, 0.2) is 0 Å². The fourth-order valence-electron chi connectivity index (χ4n) is 3.75. The van der Waals surface area contributed by atoms with E-state index < -0.39 is 0 Å². The third-order valence-electron chi connectivity index (χ3n) is 4.42. The van der Waals surface area contributed by atoms with E-state index in [1.54, 1.807) is 0 Å². The maximum Gasteiger partial charge on any atom is 0.0110 e. The quantitative estimate of drug-likeness (QED) is 0.772. The van der Waals surface area contributed by atoms with Gasteiger partial charge in [-0.05, 0) is 43.9 Å². The average molecular weight is 240 g/mol. The van der Waals surface area contributed by atoms with Gasteiger partial charge in [-0.3, -0.25) is 4.90 Å². The van der Waals surface area contributed by atoms with Crippen LogP contribution in [0.25, 0.3) is 0 Å². The molecule has 1 fully saturated rings. The summed E-state index contributed by atoms with van der Waals surface area (Å²) < 4.78 is 0. The molecule has 0 aromatic heterocycles. The highest BCUT2D eigenvalue weighted by molar-refractivity contribution is 4.85. The van der Waals surface area contributed by atoms with Crippen LogP contribution >= 0.6 is 0 Å². The van der Waals surface area contributed by atoms with Crippen LogP contribution in [0, 0.1) is 11.8 Å². The molecule has 102 valence electrons. The minimum absolute atomic E-state index is 0.737. The first-order valence-electron chi connectivity index (χ1n) is 7.58. The van der Waals surface area contributed by atoms with Crippen molar-refractivity contribution in [2.24, 2.45) is 17.6 Å². The molecule has 2 atom stereocenters. The number of rotatable bonds is 6. The predicted octanol–water partition coefficient (Wildman–Crippen LogP) is 3.26. The minimum atomic E-state index is 0.737. The molecule has 2 nitrogen and oxygen atoms in total. The highest BCUT2D eigenvalue weighted by Crippen LogP contribution is 2.33. The number of nitrogens with zero attached hydrogens (tertiary/aromatic N) is 1. The van der Waals surface area contributed by atoms with E-state index in [0.29, 0.717) is 0 Å². The summed E-state index contributed by atoms with van der Waals surface area (Å²) in [7, 11) is 0. The van der Waals surface area contributed by atoms with E-state index in [0.717, 1.165) is 37.0 Å². The Morgan fingerprint density at radius 2 is 1.59 bits per heavy atom. The van der Waals surface area contributed by atoms with Crippen LogP contribution in [-0.2, 0) is 0 Å². The molecule has 0 aromatic rings. The van der Waals surface area contributed by atoms with Crippen molar-refractivity contribution < 1.29 is 0 Å². The van der Waals surface area contributed by atoms with Crippen molar-refractivity contribution in [1.82, 2.24) is 4.90 Å². The van der Waals surface area contributed by atoms with Crippen molar-refractivity contribution in [3.63, 3.8) is 0 Å². The Bertz CT molecular complexity index is 191. The molecule has 1 saturated carbocycles. The second-order valence-corrected chi connectivity index (χ2v) is 6.07. The van der Waals surface area contributed by atoms with Crippen LogP contribution in [-0.4, -0.2) is 30.1 Å². The SMILES string of the molecule is CCC(CC)N(CCN)C1CC(C)CC(C)C1. The van der Waals surface area contributed by atoms with Crippen LogP contribution in [0.3, 0.4) is 0 Å².